The van der Waals surface area contributed by atoms with Gasteiger partial charge in [-0.25, -0.2) is 9.78 Å². The maximum absolute atomic E-state index is 13.1. The van der Waals surface area contributed by atoms with Crippen LogP contribution in [0.15, 0.2) is 47.4 Å². The van der Waals surface area contributed by atoms with E-state index in [1.807, 2.05) is 24.3 Å². The van der Waals surface area contributed by atoms with Gasteiger partial charge in [-0.15, -0.1) is 0 Å². The molecule has 0 aliphatic heterocycles. The Morgan fingerprint density at radius 2 is 1.93 bits per heavy atom. The van der Waals surface area contributed by atoms with Gasteiger partial charge in [-0.2, -0.15) is 0 Å². The molecule has 0 radical (unpaired) electrons. The first kappa shape index (κ1) is 18.7. The van der Waals surface area contributed by atoms with E-state index in [0.717, 1.165) is 31.2 Å². The van der Waals surface area contributed by atoms with Gasteiger partial charge in [-0.3, -0.25) is 13.9 Å². The van der Waals surface area contributed by atoms with Crippen LogP contribution in [0.1, 0.15) is 43.7 Å². The molecule has 1 amide bonds. The summed E-state index contributed by atoms with van der Waals surface area (Å²) in [4.78, 5) is 30.1. The van der Waals surface area contributed by atoms with Crippen LogP contribution in [0.2, 0.25) is 5.02 Å². The molecule has 7 heteroatoms. The number of aromatic nitrogens is 3. The molecule has 0 atom stereocenters. The van der Waals surface area contributed by atoms with Crippen molar-refractivity contribution in [3.05, 3.63) is 63.7 Å². The molecule has 1 saturated carbocycles. The Hall–Kier alpha value is -2.60. The minimum Gasteiger partial charge on any atom is -0.350 e. The molecule has 4 rings (SSSR count). The topological polar surface area (TPSA) is 68.9 Å². The molecule has 0 unspecified atom stereocenters. The number of carbonyl (C=O) groups excluding carboxylic acids is 1. The summed E-state index contributed by atoms with van der Waals surface area (Å²) in [5.74, 6) is -0.228. The first-order chi connectivity index (χ1) is 13.6. The number of nitrogens with one attached hydrogen (secondary N) is 1. The monoisotopic (exact) mass is 398 g/mol. The molecule has 28 heavy (non-hydrogen) atoms. The Balaban J connectivity index is 1.58. The fraction of sp³-hybridized carbons (Fsp3) is 0.381. The Morgan fingerprint density at radius 1 is 1.14 bits per heavy atom. The number of pyridine rings is 1. The number of hydrogen-bond acceptors (Lipinski definition) is 3. The quantitative estimate of drug-likeness (QED) is 0.712. The molecule has 1 aliphatic carbocycles. The van der Waals surface area contributed by atoms with Crippen LogP contribution >= 0.6 is 11.6 Å². The Kier molecular flexibility index (Phi) is 5.48. The predicted octanol–water partition coefficient (Wildman–Crippen LogP) is 3.67. The number of carbonyl (C=O) groups is 1. The summed E-state index contributed by atoms with van der Waals surface area (Å²) in [6, 6.07) is 11.2. The van der Waals surface area contributed by atoms with Gasteiger partial charge in [0.15, 0.2) is 5.65 Å². The number of benzene rings is 1. The van der Waals surface area contributed by atoms with Crippen molar-refractivity contribution >= 4 is 28.7 Å². The maximum Gasteiger partial charge on any atom is 0.331 e. The van der Waals surface area contributed by atoms with Crippen molar-refractivity contribution in [2.24, 2.45) is 0 Å². The van der Waals surface area contributed by atoms with E-state index < -0.39 is 0 Å². The molecule has 3 aromatic rings. The van der Waals surface area contributed by atoms with Crippen molar-refractivity contribution in [1.29, 1.82) is 0 Å². The fourth-order valence-corrected chi connectivity index (χ4v) is 4.17. The summed E-state index contributed by atoms with van der Waals surface area (Å²) in [6.07, 6.45) is 7.11. The van der Waals surface area contributed by atoms with Gasteiger partial charge < -0.3 is 5.32 Å². The van der Waals surface area contributed by atoms with Crippen LogP contribution in [0.3, 0.4) is 0 Å². The number of amides is 1. The first-order valence-electron chi connectivity index (χ1n) is 9.71. The van der Waals surface area contributed by atoms with Gasteiger partial charge >= 0.3 is 5.69 Å². The molecule has 1 aromatic carbocycles. The molecule has 2 heterocycles. The molecular formula is C21H23ClN4O2. The highest BCUT2D eigenvalue weighted by Gasteiger charge is 2.23. The summed E-state index contributed by atoms with van der Waals surface area (Å²) in [5.41, 5.74) is 2.05. The lowest BCUT2D eigenvalue weighted by Gasteiger charge is -2.22. The molecule has 146 valence electrons. The fourth-order valence-electron chi connectivity index (χ4n) is 3.96. The van der Waals surface area contributed by atoms with Crippen molar-refractivity contribution in [1.82, 2.24) is 19.4 Å². The number of halogens is 1. The van der Waals surface area contributed by atoms with E-state index in [1.165, 1.54) is 11.0 Å². The molecule has 6 nitrogen and oxygen atoms in total. The van der Waals surface area contributed by atoms with E-state index in [2.05, 4.69) is 10.3 Å². The van der Waals surface area contributed by atoms with E-state index in [0.29, 0.717) is 22.7 Å². The zero-order chi connectivity index (χ0) is 19.5. The number of nitrogens with zero attached hydrogens (tertiary/aromatic N) is 3. The zero-order valence-electron chi connectivity index (χ0n) is 15.6. The second-order valence-electron chi connectivity index (χ2n) is 7.24. The third-order valence-electron chi connectivity index (χ3n) is 5.40. The molecule has 0 spiro atoms. The van der Waals surface area contributed by atoms with Crippen LogP contribution in [-0.2, 0) is 17.9 Å². The van der Waals surface area contributed by atoms with Crippen molar-refractivity contribution in [3.8, 4) is 0 Å². The van der Waals surface area contributed by atoms with Crippen LogP contribution in [0, 0.1) is 0 Å². The molecule has 0 saturated heterocycles. The molecule has 1 aliphatic rings. The van der Waals surface area contributed by atoms with Crippen LogP contribution < -0.4 is 11.0 Å². The SMILES string of the molecule is O=C(Cn1c(=O)n(C2CCCCC2)c2ncccc21)NCc1ccccc1Cl. The molecule has 1 fully saturated rings. The highest BCUT2D eigenvalue weighted by atomic mass is 35.5. The van der Waals surface area contributed by atoms with E-state index in [1.54, 1.807) is 22.9 Å². The average Bonchev–Trinajstić information content (AvgIpc) is 3.00. The Bertz CT molecular complexity index is 1050. The first-order valence-corrected chi connectivity index (χ1v) is 10.1. The van der Waals surface area contributed by atoms with E-state index in [9.17, 15) is 9.59 Å². The third kappa shape index (κ3) is 3.69. The lowest BCUT2D eigenvalue weighted by molar-refractivity contribution is -0.121. The van der Waals surface area contributed by atoms with Crippen molar-refractivity contribution < 1.29 is 4.79 Å². The Labute approximate surface area is 168 Å². The molecule has 2 aromatic heterocycles. The normalized spacial score (nSPS) is 15.0. The maximum atomic E-state index is 13.1. The van der Waals surface area contributed by atoms with Gasteiger partial charge in [0.1, 0.15) is 6.54 Å². The summed E-state index contributed by atoms with van der Waals surface area (Å²) < 4.78 is 3.31. The number of imidazole rings is 1. The van der Waals surface area contributed by atoms with Crippen LogP contribution in [0.4, 0.5) is 0 Å². The predicted molar refractivity (Wildman–Crippen MR) is 109 cm³/mol. The lowest BCUT2D eigenvalue weighted by atomic mass is 9.95. The average molecular weight is 399 g/mol. The van der Waals surface area contributed by atoms with Gasteiger partial charge in [0.05, 0.1) is 5.52 Å². The highest BCUT2D eigenvalue weighted by Crippen LogP contribution is 2.29. The number of rotatable bonds is 5. The second kappa shape index (κ2) is 8.19. The smallest absolute Gasteiger partial charge is 0.331 e. The molecular weight excluding hydrogens is 376 g/mol. The Morgan fingerprint density at radius 3 is 2.71 bits per heavy atom. The minimum atomic E-state index is -0.228. The van der Waals surface area contributed by atoms with Crippen molar-refractivity contribution in [2.75, 3.05) is 0 Å². The standard InChI is InChI=1S/C21H23ClN4O2/c22-17-10-5-4-7-15(17)13-24-19(27)14-25-18-11-6-12-23-20(18)26(21(25)28)16-8-2-1-3-9-16/h4-7,10-12,16H,1-3,8-9,13-14H2,(H,24,27). The summed E-state index contributed by atoms with van der Waals surface area (Å²) in [5, 5.41) is 3.47. The van der Waals surface area contributed by atoms with E-state index in [-0.39, 0.29) is 24.2 Å². The van der Waals surface area contributed by atoms with Crippen LogP contribution in [-0.4, -0.2) is 20.0 Å². The summed E-state index contributed by atoms with van der Waals surface area (Å²) >= 11 is 6.14. The summed E-state index contributed by atoms with van der Waals surface area (Å²) in [6.45, 7) is 0.290. The van der Waals surface area contributed by atoms with E-state index in [4.69, 9.17) is 11.6 Å². The van der Waals surface area contributed by atoms with Gasteiger partial charge in [-0.05, 0) is 36.6 Å². The second-order valence-corrected chi connectivity index (χ2v) is 7.65. The molecule has 0 bridgehead atoms. The minimum absolute atomic E-state index is 0.0365. The van der Waals surface area contributed by atoms with Crippen LogP contribution in [0.5, 0.6) is 0 Å². The van der Waals surface area contributed by atoms with Gasteiger partial charge in [0.25, 0.3) is 0 Å². The summed E-state index contributed by atoms with van der Waals surface area (Å²) in [7, 11) is 0. The zero-order valence-corrected chi connectivity index (χ0v) is 16.4. The van der Waals surface area contributed by atoms with Gasteiger partial charge in [-0.1, -0.05) is 49.1 Å². The van der Waals surface area contributed by atoms with Crippen molar-refractivity contribution in [3.63, 3.8) is 0 Å². The van der Waals surface area contributed by atoms with Crippen molar-refractivity contribution in [2.45, 2.75) is 51.2 Å². The van der Waals surface area contributed by atoms with Crippen LogP contribution in [0.25, 0.3) is 11.2 Å². The highest BCUT2D eigenvalue weighted by molar-refractivity contribution is 6.31. The largest absolute Gasteiger partial charge is 0.350 e. The van der Waals surface area contributed by atoms with Gasteiger partial charge in [0, 0.05) is 23.8 Å². The van der Waals surface area contributed by atoms with E-state index >= 15 is 0 Å². The third-order valence-corrected chi connectivity index (χ3v) is 5.77. The number of fused-ring (bicyclic) bond motifs is 1. The van der Waals surface area contributed by atoms with Gasteiger partial charge in [0.2, 0.25) is 5.91 Å². The lowest BCUT2D eigenvalue weighted by Crippen LogP contribution is -2.34. The molecule has 1 N–H and O–H groups in total. The number of hydrogen-bond donors (Lipinski definition) is 1.